The lowest BCUT2D eigenvalue weighted by Crippen LogP contribution is -2.09. The van der Waals surface area contributed by atoms with Gasteiger partial charge in [-0.3, -0.25) is 4.79 Å². The minimum atomic E-state index is -0.0527. The van der Waals surface area contributed by atoms with Crippen LogP contribution < -0.4 is 5.32 Å². The fraction of sp³-hybridized carbons (Fsp3) is 0.0625. The Morgan fingerprint density at radius 1 is 1.10 bits per heavy atom. The summed E-state index contributed by atoms with van der Waals surface area (Å²) in [4.78, 5) is 14.2. The second-order valence-corrected chi connectivity index (χ2v) is 6.29. The molecular weight excluding hydrogens is 286 g/mol. The molecule has 0 spiro atoms. The number of benzene rings is 2. The molecule has 0 radical (unpaired) electrons. The first-order valence-corrected chi connectivity index (χ1v) is 8.24. The normalized spacial score (nSPS) is 10.7. The van der Waals surface area contributed by atoms with Crippen molar-refractivity contribution >= 4 is 44.8 Å². The SMILES string of the molecule is CSc1ccc(NC(=O)c2cc3ccccc3s2)cc1. The number of thioether (sulfide) groups is 1. The van der Waals surface area contributed by atoms with Gasteiger partial charge in [-0.1, -0.05) is 18.2 Å². The standard InChI is InChI=1S/C16H13NOS2/c1-19-13-8-6-12(7-9-13)17-16(18)15-10-11-4-2-3-5-14(11)20-15/h2-10H,1H3,(H,17,18). The Morgan fingerprint density at radius 3 is 2.55 bits per heavy atom. The molecule has 0 saturated carbocycles. The van der Waals surface area contributed by atoms with E-state index in [0.717, 1.165) is 20.7 Å². The van der Waals surface area contributed by atoms with E-state index in [4.69, 9.17) is 0 Å². The third-order valence-corrected chi connectivity index (χ3v) is 4.86. The van der Waals surface area contributed by atoms with Crippen molar-refractivity contribution in [2.75, 3.05) is 11.6 Å². The van der Waals surface area contributed by atoms with Crippen LogP contribution in [0.25, 0.3) is 10.1 Å². The summed E-state index contributed by atoms with van der Waals surface area (Å²) in [6, 6.07) is 17.8. The number of carbonyl (C=O) groups is 1. The van der Waals surface area contributed by atoms with Crippen LogP contribution in [0.5, 0.6) is 0 Å². The topological polar surface area (TPSA) is 29.1 Å². The van der Waals surface area contributed by atoms with Crippen LogP contribution in [0.3, 0.4) is 0 Å². The summed E-state index contributed by atoms with van der Waals surface area (Å²) in [7, 11) is 0. The van der Waals surface area contributed by atoms with Crippen molar-refractivity contribution in [1.29, 1.82) is 0 Å². The van der Waals surface area contributed by atoms with Gasteiger partial charge in [-0.25, -0.2) is 0 Å². The summed E-state index contributed by atoms with van der Waals surface area (Å²) in [5.74, 6) is -0.0527. The van der Waals surface area contributed by atoms with Crippen LogP contribution in [0.4, 0.5) is 5.69 Å². The number of amides is 1. The molecule has 2 aromatic carbocycles. The molecule has 0 unspecified atom stereocenters. The first-order chi connectivity index (χ1) is 9.76. The Labute approximate surface area is 125 Å². The summed E-state index contributed by atoms with van der Waals surface area (Å²) in [5, 5.41) is 4.04. The maximum absolute atomic E-state index is 12.2. The van der Waals surface area contributed by atoms with Crippen molar-refractivity contribution in [3.05, 3.63) is 59.5 Å². The van der Waals surface area contributed by atoms with E-state index in [1.807, 2.05) is 60.9 Å². The van der Waals surface area contributed by atoms with Gasteiger partial charge in [0.15, 0.2) is 0 Å². The van der Waals surface area contributed by atoms with E-state index in [9.17, 15) is 4.79 Å². The van der Waals surface area contributed by atoms with Gasteiger partial charge in [-0.2, -0.15) is 0 Å². The zero-order valence-electron chi connectivity index (χ0n) is 10.9. The highest BCUT2D eigenvalue weighted by molar-refractivity contribution is 7.98. The van der Waals surface area contributed by atoms with Crippen LogP contribution in [0.1, 0.15) is 9.67 Å². The summed E-state index contributed by atoms with van der Waals surface area (Å²) >= 11 is 3.20. The van der Waals surface area contributed by atoms with Crippen molar-refractivity contribution in [2.45, 2.75) is 4.90 Å². The minimum absolute atomic E-state index is 0.0527. The molecule has 0 aliphatic rings. The molecule has 1 heterocycles. The third-order valence-electron chi connectivity index (χ3n) is 3.00. The molecule has 0 aliphatic heterocycles. The van der Waals surface area contributed by atoms with Gasteiger partial charge in [-0.15, -0.1) is 23.1 Å². The summed E-state index contributed by atoms with van der Waals surface area (Å²) in [6.07, 6.45) is 2.03. The molecule has 3 aromatic rings. The first kappa shape index (κ1) is 13.2. The van der Waals surface area contributed by atoms with Crippen molar-refractivity contribution in [2.24, 2.45) is 0 Å². The highest BCUT2D eigenvalue weighted by Gasteiger charge is 2.10. The van der Waals surface area contributed by atoms with Crippen molar-refractivity contribution in [3.63, 3.8) is 0 Å². The molecule has 0 saturated heterocycles. The molecule has 0 fully saturated rings. The lowest BCUT2D eigenvalue weighted by molar-refractivity contribution is 0.103. The molecule has 3 rings (SSSR count). The van der Waals surface area contributed by atoms with Crippen LogP contribution in [-0.4, -0.2) is 12.2 Å². The Morgan fingerprint density at radius 2 is 1.85 bits per heavy atom. The fourth-order valence-electron chi connectivity index (χ4n) is 1.96. The molecule has 2 nitrogen and oxygen atoms in total. The fourth-order valence-corrected chi connectivity index (χ4v) is 3.33. The molecule has 0 atom stereocenters. The Balaban J connectivity index is 1.81. The second kappa shape index (κ2) is 5.69. The minimum Gasteiger partial charge on any atom is -0.321 e. The Bertz CT molecular complexity index is 714. The van der Waals surface area contributed by atoms with E-state index in [1.165, 1.54) is 16.2 Å². The smallest absolute Gasteiger partial charge is 0.265 e. The van der Waals surface area contributed by atoms with E-state index in [1.54, 1.807) is 11.8 Å². The number of hydrogen-bond donors (Lipinski definition) is 1. The highest BCUT2D eigenvalue weighted by Crippen LogP contribution is 2.26. The van der Waals surface area contributed by atoms with Gasteiger partial charge in [0.2, 0.25) is 0 Å². The van der Waals surface area contributed by atoms with Gasteiger partial charge in [0.1, 0.15) is 0 Å². The lowest BCUT2D eigenvalue weighted by Gasteiger charge is -2.04. The molecule has 1 aromatic heterocycles. The molecule has 0 bridgehead atoms. The molecule has 1 amide bonds. The largest absolute Gasteiger partial charge is 0.321 e. The van der Waals surface area contributed by atoms with Crippen LogP contribution in [0, 0.1) is 0 Å². The van der Waals surface area contributed by atoms with Gasteiger partial charge >= 0.3 is 0 Å². The molecule has 1 N–H and O–H groups in total. The average Bonchev–Trinajstić information content (AvgIpc) is 2.92. The maximum Gasteiger partial charge on any atom is 0.265 e. The van der Waals surface area contributed by atoms with Crippen molar-refractivity contribution < 1.29 is 4.79 Å². The molecule has 20 heavy (non-hydrogen) atoms. The van der Waals surface area contributed by atoms with E-state index < -0.39 is 0 Å². The van der Waals surface area contributed by atoms with Gasteiger partial charge in [0.25, 0.3) is 5.91 Å². The molecule has 4 heteroatoms. The zero-order valence-corrected chi connectivity index (χ0v) is 12.6. The predicted molar refractivity (Wildman–Crippen MR) is 88.0 cm³/mol. The van der Waals surface area contributed by atoms with Crippen LogP contribution in [-0.2, 0) is 0 Å². The van der Waals surface area contributed by atoms with Crippen LogP contribution in [0.2, 0.25) is 0 Å². The third kappa shape index (κ3) is 2.71. The Hall–Kier alpha value is -1.78. The summed E-state index contributed by atoms with van der Waals surface area (Å²) in [5.41, 5.74) is 0.824. The monoisotopic (exact) mass is 299 g/mol. The number of thiophene rings is 1. The maximum atomic E-state index is 12.2. The van der Waals surface area contributed by atoms with E-state index >= 15 is 0 Å². The first-order valence-electron chi connectivity index (χ1n) is 6.20. The Kier molecular flexibility index (Phi) is 3.76. The molecule has 100 valence electrons. The number of rotatable bonds is 3. The number of hydrogen-bond acceptors (Lipinski definition) is 3. The van der Waals surface area contributed by atoms with Gasteiger partial charge < -0.3 is 5.32 Å². The van der Waals surface area contributed by atoms with Crippen LogP contribution >= 0.6 is 23.1 Å². The number of fused-ring (bicyclic) bond motifs is 1. The molecular formula is C16H13NOS2. The zero-order chi connectivity index (χ0) is 13.9. The predicted octanol–water partition coefficient (Wildman–Crippen LogP) is 4.88. The number of nitrogens with one attached hydrogen (secondary N) is 1. The van der Waals surface area contributed by atoms with E-state index in [0.29, 0.717) is 0 Å². The summed E-state index contributed by atoms with van der Waals surface area (Å²) in [6.45, 7) is 0. The van der Waals surface area contributed by atoms with Crippen molar-refractivity contribution in [3.8, 4) is 0 Å². The second-order valence-electron chi connectivity index (χ2n) is 4.33. The summed E-state index contributed by atoms with van der Waals surface area (Å²) < 4.78 is 1.13. The van der Waals surface area contributed by atoms with E-state index in [2.05, 4.69) is 5.32 Å². The van der Waals surface area contributed by atoms with Gasteiger partial charge in [0.05, 0.1) is 4.88 Å². The number of anilines is 1. The quantitative estimate of drug-likeness (QED) is 0.699. The van der Waals surface area contributed by atoms with Crippen LogP contribution in [0.15, 0.2) is 59.5 Å². The van der Waals surface area contributed by atoms with E-state index in [-0.39, 0.29) is 5.91 Å². The van der Waals surface area contributed by atoms with Crippen molar-refractivity contribution in [1.82, 2.24) is 0 Å². The highest BCUT2D eigenvalue weighted by atomic mass is 32.2. The number of carbonyl (C=O) groups excluding carboxylic acids is 1. The average molecular weight is 299 g/mol. The van der Waals surface area contributed by atoms with Gasteiger partial charge in [0, 0.05) is 15.3 Å². The lowest BCUT2D eigenvalue weighted by atomic mass is 10.2. The van der Waals surface area contributed by atoms with Gasteiger partial charge in [-0.05, 0) is 48.0 Å². The molecule has 0 aliphatic carbocycles.